The normalized spacial score (nSPS) is 46.7. The number of hydrogen-bond acceptors (Lipinski definition) is 9. The molecule has 6 fully saturated rings. The number of ether oxygens (including phenoxy) is 8. The summed E-state index contributed by atoms with van der Waals surface area (Å²) < 4.78 is 47.9. The maximum atomic E-state index is 12.9. The summed E-state index contributed by atoms with van der Waals surface area (Å²) in [6.07, 6.45) is 3.48. The van der Waals surface area contributed by atoms with E-state index in [4.69, 9.17) is 37.9 Å². The predicted octanol–water partition coefficient (Wildman–Crippen LogP) is 3.38. The zero-order chi connectivity index (χ0) is 25.2. The van der Waals surface area contributed by atoms with Crippen LogP contribution in [-0.2, 0) is 42.7 Å². The highest BCUT2D eigenvalue weighted by Crippen LogP contribution is 2.57. The lowest BCUT2D eigenvalue weighted by atomic mass is 9.67. The number of esters is 1. The minimum atomic E-state index is -0.759. The number of rotatable bonds is 8. The summed E-state index contributed by atoms with van der Waals surface area (Å²) in [4.78, 5) is 12.9. The van der Waals surface area contributed by atoms with Crippen LogP contribution in [0.15, 0.2) is 0 Å². The summed E-state index contributed by atoms with van der Waals surface area (Å²) in [5.41, 5.74) is 0. The monoisotopic (exact) mass is 510 g/mol. The molecule has 6 rings (SSSR count). The van der Waals surface area contributed by atoms with E-state index in [1.54, 1.807) is 0 Å². The third kappa shape index (κ3) is 4.97. The molecule has 9 heteroatoms. The second-order valence-corrected chi connectivity index (χ2v) is 12.6. The van der Waals surface area contributed by atoms with E-state index < -0.39 is 42.5 Å². The summed E-state index contributed by atoms with van der Waals surface area (Å²) in [7, 11) is 0. The van der Waals surface area contributed by atoms with Gasteiger partial charge in [-0.3, -0.25) is 4.79 Å². The average molecular weight is 511 g/mol. The van der Waals surface area contributed by atoms with Gasteiger partial charge in [-0.2, -0.15) is 0 Å². The van der Waals surface area contributed by atoms with Gasteiger partial charge in [0.15, 0.2) is 24.2 Å². The number of fused-ring (bicyclic) bond motifs is 3. The van der Waals surface area contributed by atoms with Crippen molar-refractivity contribution in [2.45, 2.75) is 115 Å². The van der Waals surface area contributed by atoms with E-state index in [1.165, 1.54) is 25.7 Å². The molecule has 6 unspecified atom stereocenters. The first-order valence-corrected chi connectivity index (χ1v) is 13.8. The van der Waals surface area contributed by atoms with Crippen molar-refractivity contribution in [3.8, 4) is 0 Å². The van der Waals surface area contributed by atoms with E-state index in [2.05, 4.69) is 0 Å². The number of hydrogen-bond donors (Lipinski definition) is 0. The fourth-order valence-electron chi connectivity index (χ4n) is 7.79. The first-order valence-electron chi connectivity index (χ1n) is 13.8. The summed E-state index contributed by atoms with van der Waals surface area (Å²) >= 11 is 0. The van der Waals surface area contributed by atoms with Gasteiger partial charge in [0.2, 0.25) is 0 Å². The van der Waals surface area contributed by atoms with Crippen LogP contribution in [0.4, 0.5) is 0 Å². The quantitative estimate of drug-likeness (QED) is 0.277. The van der Waals surface area contributed by atoms with E-state index in [0.717, 1.165) is 18.3 Å². The molecule has 0 aromatic rings. The Hall–Kier alpha value is -0.810. The molecule has 3 bridgehead atoms. The molecule has 0 radical (unpaired) electrons. The van der Waals surface area contributed by atoms with Crippen LogP contribution in [0, 0.1) is 29.6 Å². The Bertz CT molecular complexity index is 828. The lowest BCUT2D eigenvalue weighted by Gasteiger charge is -2.38. The van der Waals surface area contributed by atoms with Crippen LogP contribution in [0.5, 0.6) is 0 Å². The van der Waals surface area contributed by atoms with Crippen molar-refractivity contribution >= 4 is 5.97 Å². The van der Waals surface area contributed by atoms with Gasteiger partial charge in [-0.15, -0.1) is 0 Å². The highest BCUT2D eigenvalue weighted by molar-refractivity contribution is 5.73. The van der Waals surface area contributed by atoms with Crippen LogP contribution in [0.1, 0.15) is 66.7 Å². The zero-order valence-corrected chi connectivity index (χ0v) is 22.2. The molecule has 0 spiro atoms. The van der Waals surface area contributed by atoms with Crippen LogP contribution in [-0.4, -0.2) is 74.4 Å². The van der Waals surface area contributed by atoms with Crippen LogP contribution < -0.4 is 0 Å². The highest BCUT2D eigenvalue weighted by Gasteiger charge is 2.59. The third-order valence-electron chi connectivity index (χ3n) is 9.01. The van der Waals surface area contributed by atoms with Gasteiger partial charge in [-0.25, -0.2) is 0 Å². The molecule has 36 heavy (non-hydrogen) atoms. The Kier molecular flexibility index (Phi) is 6.67. The molecule has 6 aliphatic rings. The fraction of sp³-hybridized carbons (Fsp3) is 0.963. The molecule has 3 aliphatic carbocycles. The lowest BCUT2D eigenvalue weighted by molar-refractivity contribution is -0.254. The topological polar surface area (TPSA) is 90.9 Å². The first-order chi connectivity index (χ1) is 17.1. The molecular weight excluding hydrogens is 468 g/mol. The Morgan fingerprint density at radius 1 is 0.917 bits per heavy atom. The molecule has 3 aliphatic heterocycles. The minimum Gasteiger partial charge on any atom is -0.463 e. The van der Waals surface area contributed by atoms with Crippen molar-refractivity contribution < 1.29 is 42.7 Å². The zero-order valence-electron chi connectivity index (χ0n) is 22.2. The maximum absolute atomic E-state index is 12.9. The van der Waals surface area contributed by atoms with Gasteiger partial charge in [0.05, 0.1) is 19.1 Å². The van der Waals surface area contributed by atoms with Crippen LogP contribution in [0.3, 0.4) is 0 Å². The minimum absolute atomic E-state index is 0.0405. The van der Waals surface area contributed by atoms with Gasteiger partial charge >= 0.3 is 5.97 Å². The predicted molar refractivity (Wildman–Crippen MR) is 125 cm³/mol. The summed E-state index contributed by atoms with van der Waals surface area (Å²) in [5, 5.41) is 0. The van der Waals surface area contributed by atoms with Crippen LogP contribution >= 0.6 is 0 Å². The van der Waals surface area contributed by atoms with E-state index in [0.29, 0.717) is 18.4 Å². The SMILES string of the molecule is CC(OCCOC(=O)C1CC2CC3CC(C2)C1C3)O[C@@H]1[C@H]2OC(C)(C)O[C@H]2O[C@@H]1[C@@H]1COC(C)(C)O1. The smallest absolute Gasteiger partial charge is 0.309 e. The van der Waals surface area contributed by atoms with E-state index in [-0.39, 0.29) is 31.2 Å². The van der Waals surface area contributed by atoms with Crippen molar-refractivity contribution in [1.29, 1.82) is 0 Å². The van der Waals surface area contributed by atoms with Crippen molar-refractivity contribution in [2.24, 2.45) is 29.6 Å². The van der Waals surface area contributed by atoms with E-state index in [1.807, 2.05) is 34.6 Å². The fourth-order valence-corrected chi connectivity index (χ4v) is 7.79. The van der Waals surface area contributed by atoms with Crippen LogP contribution in [0.25, 0.3) is 0 Å². The molecule has 0 amide bonds. The average Bonchev–Trinajstić information content (AvgIpc) is 3.47. The van der Waals surface area contributed by atoms with Crippen molar-refractivity contribution in [3.05, 3.63) is 0 Å². The molecule has 11 atom stereocenters. The standard InChI is InChI=1S/C27H42O9/c1-14(29-6-7-30-24(28)19-12-16-8-15-9-17(10-16)18(19)11-15)32-22-21(20-13-31-26(2,3)34-20)33-25-23(22)35-27(4,5)36-25/h14-23,25H,6-13H2,1-5H3/t14?,15?,16?,17?,18?,19?,20-,21+,22-,23+,25+/m0/s1. The molecule has 3 heterocycles. The van der Waals surface area contributed by atoms with Gasteiger partial charge in [0.1, 0.15) is 31.0 Å². The van der Waals surface area contributed by atoms with Crippen molar-refractivity contribution in [3.63, 3.8) is 0 Å². The Morgan fingerprint density at radius 2 is 1.69 bits per heavy atom. The summed E-state index contributed by atoms with van der Waals surface area (Å²) in [6.45, 7) is 10.2. The molecule has 0 aromatic heterocycles. The summed E-state index contributed by atoms with van der Waals surface area (Å²) in [6, 6.07) is 0. The molecule has 0 aromatic carbocycles. The van der Waals surface area contributed by atoms with Crippen LogP contribution in [0.2, 0.25) is 0 Å². The Labute approximate surface area is 213 Å². The van der Waals surface area contributed by atoms with Gasteiger partial charge in [-0.1, -0.05) is 0 Å². The van der Waals surface area contributed by atoms with Gasteiger partial charge < -0.3 is 37.9 Å². The molecule has 3 saturated carbocycles. The third-order valence-corrected chi connectivity index (χ3v) is 9.01. The second-order valence-electron chi connectivity index (χ2n) is 12.6. The van der Waals surface area contributed by atoms with E-state index >= 15 is 0 Å². The maximum Gasteiger partial charge on any atom is 0.309 e. The first kappa shape index (κ1) is 25.5. The Balaban J connectivity index is 0.994. The van der Waals surface area contributed by atoms with Gasteiger partial charge in [0.25, 0.3) is 0 Å². The molecule has 0 N–H and O–H groups in total. The lowest BCUT2D eigenvalue weighted by Crippen LogP contribution is -2.45. The number of carbonyl (C=O) groups is 1. The molecule has 204 valence electrons. The summed E-state index contributed by atoms with van der Waals surface area (Å²) in [5.74, 6) is 1.42. The molecule has 9 nitrogen and oxygen atoms in total. The molecule has 3 saturated heterocycles. The second kappa shape index (κ2) is 9.43. The van der Waals surface area contributed by atoms with Crippen molar-refractivity contribution in [1.82, 2.24) is 0 Å². The Morgan fingerprint density at radius 3 is 2.44 bits per heavy atom. The molecular formula is C27H42O9. The van der Waals surface area contributed by atoms with E-state index in [9.17, 15) is 4.79 Å². The largest absolute Gasteiger partial charge is 0.463 e. The number of carbonyl (C=O) groups excluding carboxylic acids is 1. The van der Waals surface area contributed by atoms with Gasteiger partial charge in [0, 0.05) is 0 Å². The van der Waals surface area contributed by atoms with Gasteiger partial charge in [-0.05, 0) is 90.4 Å². The van der Waals surface area contributed by atoms with Crippen molar-refractivity contribution in [2.75, 3.05) is 19.8 Å². The highest BCUT2D eigenvalue weighted by atomic mass is 16.9.